The molecule has 0 spiro atoms. The van der Waals surface area contributed by atoms with Crippen LogP contribution in [0.25, 0.3) is 0 Å². The van der Waals surface area contributed by atoms with Gasteiger partial charge in [-0.05, 0) is 53.7 Å². The number of rotatable bonds is 4. The number of carbonyl (C=O) groups excluding carboxylic acids is 1. The van der Waals surface area contributed by atoms with Gasteiger partial charge in [0.2, 0.25) is 0 Å². The van der Waals surface area contributed by atoms with Crippen LogP contribution in [-0.4, -0.2) is 28.9 Å². The average Bonchev–Trinajstić information content (AvgIpc) is 3.09. The number of pyridine rings is 1. The fourth-order valence-corrected chi connectivity index (χ4v) is 2.05. The van der Waals surface area contributed by atoms with Crippen LogP contribution in [-0.2, 0) is 0 Å². The highest BCUT2D eigenvalue weighted by atomic mass is 79.9. The maximum Gasteiger partial charge on any atom is 0.254 e. The molecular formula is C12H15BrN2O. The van der Waals surface area contributed by atoms with E-state index in [1.54, 1.807) is 18.3 Å². The molecule has 4 heteroatoms. The lowest BCUT2D eigenvalue weighted by Gasteiger charge is -2.20. The third kappa shape index (κ3) is 2.82. The van der Waals surface area contributed by atoms with E-state index < -0.39 is 0 Å². The zero-order valence-corrected chi connectivity index (χ0v) is 10.9. The lowest BCUT2D eigenvalue weighted by atomic mass is 10.2. The minimum atomic E-state index is 0.109. The molecule has 86 valence electrons. The first-order chi connectivity index (χ1) is 7.70. The Morgan fingerprint density at radius 1 is 1.62 bits per heavy atom. The summed E-state index contributed by atoms with van der Waals surface area (Å²) >= 11 is 3.28. The molecule has 0 unspecified atom stereocenters. The van der Waals surface area contributed by atoms with Crippen LogP contribution in [0.1, 0.15) is 30.1 Å². The van der Waals surface area contributed by atoms with Crippen LogP contribution in [0.3, 0.4) is 0 Å². The SMILES string of the molecule is CCN(CC1CC1)C(=O)c1ccnc(Br)c1. The number of halogens is 1. The van der Waals surface area contributed by atoms with Crippen molar-refractivity contribution in [2.75, 3.05) is 13.1 Å². The van der Waals surface area contributed by atoms with Crippen molar-refractivity contribution in [3.63, 3.8) is 0 Å². The summed E-state index contributed by atoms with van der Waals surface area (Å²) < 4.78 is 0.709. The summed E-state index contributed by atoms with van der Waals surface area (Å²) in [5.41, 5.74) is 0.712. The molecule has 1 amide bonds. The Morgan fingerprint density at radius 2 is 2.38 bits per heavy atom. The van der Waals surface area contributed by atoms with Gasteiger partial charge in [0.1, 0.15) is 4.60 Å². The van der Waals surface area contributed by atoms with Gasteiger partial charge in [-0.25, -0.2) is 4.98 Å². The predicted octanol–water partition coefficient (Wildman–Crippen LogP) is 2.72. The molecule has 0 N–H and O–H groups in total. The Kier molecular flexibility index (Phi) is 3.59. The van der Waals surface area contributed by atoms with Gasteiger partial charge in [-0.15, -0.1) is 0 Å². The van der Waals surface area contributed by atoms with Gasteiger partial charge < -0.3 is 4.90 Å². The number of nitrogens with zero attached hydrogens (tertiary/aromatic N) is 2. The van der Waals surface area contributed by atoms with Crippen LogP contribution in [0, 0.1) is 5.92 Å². The molecule has 1 aliphatic rings. The minimum absolute atomic E-state index is 0.109. The molecular weight excluding hydrogens is 268 g/mol. The van der Waals surface area contributed by atoms with Crippen LogP contribution < -0.4 is 0 Å². The molecule has 3 nitrogen and oxygen atoms in total. The first-order valence-electron chi connectivity index (χ1n) is 5.61. The third-order valence-electron chi connectivity index (χ3n) is 2.82. The van der Waals surface area contributed by atoms with E-state index in [1.807, 2.05) is 11.8 Å². The Hall–Kier alpha value is -0.900. The summed E-state index contributed by atoms with van der Waals surface area (Å²) in [7, 11) is 0. The van der Waals surface area contributed by atoms with Crippen LogP contribution in [0.5, 0.6) is 0 Å². The van der Waals surface area contributed by atoms with Crippen molar-refractivity contribution in [2.24, 2.45) is 5.92 Å². The van der Waals surface area contributed by atoms with Gasteiger partial charge in [-0.2, -0.15) is 0 Å². The van der Waals surface area contributed by atoms with Crippen LogP contribution in [0.4, 0.5) is 0 Å². The van der Waals surface area contributed by atoms with Gasteiger partial charge in [-0.1, -0.05) is 0 Å². The van der Waals surface area contributed by atoms with Crippen LogP contribution in [0.2, 0.25) is 0 Å². The van der Waals surface area contributed by atoms with E-state index in [4.69, 9.17) is 0 Å². The van der Waals surface area contributed by atoms with Crippen molar-refractivity contribution >= 4 is 21.8 Å². The van der Waals surface area contributed by atoms with E-state index in [9.17, 15) is 4.79 Å². The highest BCUT2D eigenvalue weighted by Gasteiger charge is 2.26. The highest BCUT2D eigenvalue weighted by Crippen LogP contribution is 2.30. The van der Waals surface area contributed by atoms with Gasteiger partial charge in [0, 0.05) is 24.8 Å². The molecule has 0 bridgehead atoms. The molecule has 1 heterocycles. The van der Waals surface area contributed by atoms with Gasteiger partial charge >= 0.3 is 0 Å². The van der Waals surface area contributed by atoms with E-state index in [-0.39, 0.29) is 5.91 Å². The summed E-state index contributed by atoms with van der Waals surface area (Å²) in [6.45, 7) is 3.70. The summed E-state index contributed by atoms with van der Waals surface area (Å²) in [6.07, 6.45) is 4.19. The summed E-state index contributed by atoms with van der Waals surface area (Å²) in [5, 5.41) is 0. The zero-order chi connectivity index (χ0) is 11.5. The Balaban J connectivity index is 2.09. The van der Waals surface area contributed by atoms with Crippen molar-refractivity contribution in [1.82, 2.24) is 9.88 Å². The minimum Gasteiger partial charge on any atom is -0.339 e. The molecule has 2 rings (SSSR count). The first-order valence-corrected chi connectivity index (χ1v) is 6.41. The summed E-state index contributed by atoms with van der Waals surface area (Å²) in [5.74, 6) is 0.840. The number of carbonyl (C=O) groups is 1. The van der Waals surface area contributed by atoms with Crippen LogP contribution >= 0.6 is 15.9 Å². The zero-order valence-electron chi connectivity index (χ0n) is 9.32. The van der Waals surface area contributed by atoms with Crippen molar-refractivity contribution < 1.29 is 4.79 Å². The fourth-order valence-electron chi connectivity index (χ4n) is 1.69. The molecule has 1 aliphatic carbocycles. The van der Waals surface area contributed by atoms with Gasteiger partial charge in [0.05, 0.1) is 0 Å². The largest absolute Gasteiger partial charge is 0.339 e. The van der Waals surface area contributed by atoms with E-state index >= 15 is 0 Å². The molecule has 1 fully saturated rings. The first kappa shape index (κ1) is 11.6. The number of aromatic nitrogens is 1. The van der Waals surface area contributed by atoms with Gasteiger partial charge in [0.15, 0.2) is 0 Å². The Morgan fingerprint density at radius 3 is 2.94 bits per heavy atom. The molecule has 16 heavy (non-hydrogen) atoms. The molecule has 1 saturated carbocycles. The standard InChI is InChI=1S/C12H15BrN2O/c1-2-15(8-9-3-4-9)12(16)10-5-6-14-11(13)7-10/h5-7,9H,2-4,8H2,1H3. The number of amides is 1. The van der Waals surface area contributed by atoms with E-state index in [1.165, 1.54) is 12.8 Å². The maximum absolute atomic E-state index is 12.2. The molecule has 0 saturated heterocycles. The highest BCUT2D eigenvalue weighted by molar-refractivity contribution is 9.10. The molecule has 0 atom stereocenters. The normalized spacial score (nSPS) is 14.9. The monoisotopic (exact) mass is 282 g/mol. The molecule has 0 aliphatic heterocycles. The predicted molar refractivity (Wildman–Crippen MR) is 66.2 cm³/mol. The second-order valence-electron chi connectivity index (χ2n) is 4.15. The quantitative estimate of drug-likeness (QED) is 0.796. The third-order valence-corrected chi connectivity index (χ3v) is 3.25. The van der Waals surface area contributed by atoms with Crippen molar-refractivity contribution in [1.29, 1.82) is 0 Å². The van der Waals surface area contributed by atoms with Gasteiger partial charge in [-0.3, -0.25) is 4.79 Å². The topological polar surface area (TPSA) is 33.2 Å². The average molecular weight is 283 g/mol. The molecule has 1 aromatic rings. The summed E-state index contributed by atoms with van der Waals surface area (Å²) in [4.78, 5) is 18.1. The molecule has 0 radical (unpaired) electrons. The molecule has 1 aromatic heterocycles. The summed E-state index contributed by atoms with van der Waals surface area (Å²) in [6, 6.07) is 3.54. The number of hydrogen-bond donors (Lipinski definition) is 0. The lowest BCUT2D eigenvalue weighted by Crippen LogP contribution is -2.32. The lowest BCUT2D eigenvalue weighted by molar-refractivity contribution is 0.0756. The smallest absolute Gasteiger partial charge is 0.254 e. The second-order valence-corrected chi connectivity index (χ2v) is 4.97. The van der Waals surface area contributed by atoms with E-state index in [0.717, 1.165) is 19.0 Å². The number of hydrogen-bond acceptors (Lipinski definition) is 2. The van der Waals surface area contributed by atoms with Crippen molar-refractivity contribution in [2.45, 2.75) is 19.8 Å². The van der Waals surface area contributed by atoms with Crippen molar-refractivity contribution in [3.05, 3.63) is 28.5 Å². The Labute approximate surface area is 104 Å². The van der Waals surface area contributed by atoms with E-state index in [0.29, 0.717) is 10.2 Å². The van der Waals surface area contributed by atoms with Gasteiger partial charge in [0.25, 0.3) is 5.91 Å². The maximum atomic E-state index is 12.2. The van der Waals surface area contributed by atoms with E-state index in [2.05, 4.69) is 20.9 Å². The Bertz CT molecular complexity index is 390. The second kappa shape index (κ2) is 4.95. The fraction of sp³-hybridized carbons (Fsp3) is 0.500. The van der Waals surface area contributed by atoms with Crippen molar-refractivity contribution in [3.8, 4) is 0 Å². The molecule has 0 aromatic carbocycles. The van der Waals surface area contributed by atoms with Crippen LogP contribution in [0.15, 0.2) is 22.9 Å².